The first kappa shape index (κ1) is 19.2. The molecule has 1 fully saturated rings. The average Bonchev–Trinajstić information content (AvgIpc) is 3.14. The van der Waals surface area contributed by atoms with E-state index in [1.807, 2.05) is 50.2 Å². The molecule has 2 aromatic carbocycles. The fourth-order valence-electron chi connectivity index (χ4n) is 3.46. The molecule has 0 spiro atoms. The molecule has 1 aliphatic rings. The van der Waals surface area contributed by atoms with Crippen molar-refractivity contribution in [2.75, 3.05) is 0 Å². The summed E-state index contributed by atoms with van der Waals surface area (Å²) in [5.74, 6) is -0.676. The Morgan fingerprint density at radius 3 is 2.38 bits per heavy atom. The van der Waals surface area contributed by atoms with Gasteiger partial charge >= 0.3 is 0 Å². The van der Waals surface area contributed by atoms with E-state index >= 15 is 0 Å². The second-order valence-electron chi connectivity index (χ2n) is 6.89. The van der Waals surface area contributed by atoms with Crippen LogP contribution in [0.5, 0.6) is 0 Å². The molecule has 29 heavy (non-hydrogen) atoms. The maximum atomic E-state index is 13.1. The zero-order valence-electron chi connectivity index (χ0n) is 16.1. The Morgan fingerprint density at radius 2 is 1.69 bits per heavy atom. The summed E-state index contributed by atoms with van der Waals surface area (Å²) in [6.07, 6.45) is 1.78. The highest BCUT2D eigenvalue weighted by Crippen LogP contribution is 2.34. The third-order valence-corrected chi connectivity index (χ3v) is 5.81. The minimum atomic E-state index is -0.350. The number of benzene rings is 2. The number of nitrogens with zero attached hydrogens (tertiary/aromatic N) is 2. The van der Waals surface area contributed by atoms with Gasteiger partial charge in [-0.25, -0.2) is 4.39 Å². The normalized spacial score (nSPS) is 15.6. The Kier molecular flexibility index (Phi) is 5.11. The van der Waals surface area contributed by atoms with E-state index in [1.54, 1.807) is 18.2 Å². The van der Waals surface area contributed by atoms with Crippen molar-refractivity contribution in [1.82, 2.24) is 9.47 Å². The molecule has 0 atom stereocenters. The molecule has 0 N–H and O–H groups in total. The van der Waals surface area contributed by atoms with Crippen LogP contribution in [0.15, 0.2) is 65.6 Å². The molecule has 146 valence electrons. The lowest BCUT2D eigenvalue weighted by atomic mass is 10.2. The van der Waals surface area contributed by atoms with E-state index < -0.39 is 0 Å². The number of para-hydroxylation sites is 1. The second kappa shape index (κ2) is 7.72. The van der Waals surface area contributed by atoms with Crippen LogP contribution in [0, 0.1) is 19.7 Å². The van der Waals surface area contributed by atoms with Crippen LogP contribution >= 0.6 is 11.8 Å². The quantitative estimate of drug-likeness (QED) is 0.540. The number of hydrogen-bond donors (Lipinski definition) is 0. The molecule has 1 aromatic heterocycles. The number of imide groups is 1. The second-order valence-corrected chi connectivity index (χ2v) is 7.88. The zero-order chi connectivity index (χ0) is 20.5. The molecule has 6 heteroatoms. The van der Waals surface area contributed by atoms with Crippen molar-refractivity contribution in [2.24, 2.45) is 0 Å². The number of aryl methyl sites for hydroxylation is 1. The molecule has 0 bridgehead atoms. The molecule has 0 saturated carbocycles. The number of halogens is 1. The number of amides is 2. The summed E-state index contributed by atoms with van der Waals surface area (Å²) in [6, 6.07) is 17.8. The van der Waals surface area contributed by atoms with Crippen LogP contribution in [-0.4, -0.2) is 20.6 Å². The van der Waals surface area contributed by atoms with E-state index in [2.05, 4.69) is 4.57 Å². The van der Waals surface area contributed by atoms with E-state index in [1.165, 1.54) is 17.0 Å². The van der Waals surface area contributed by atoms with Gasteiger partial charge in [-0.15, -0.1) is 0 Å². The summed E-state index contributed by atoms with van der Waals surface area (Å²) in [6.45, 7) is 4.14. The Bertz CT molecular complexity index is 1120. The van der Waals surface area contributed by atoms with Crippen LogP contribution in [0.3, 0.4) is 0 Å². The van der Waals surface area contributed by atoms with Gasteiger partial charge in [-0.3, -0.25) is 14.5 Å². The van der Waals surface area contributed by atoms with Gasteiger partial charge in [-0.05, 0) is 73.1 Å². The Morgan fingerprint density at radius 1 is 1.00 bits per heavy atom. The van der Waals surface area contributed by atoms with Gasteiger partial charge in [0, 0.05) is 17.1 Å². The molecule has 2 heterocycles. The van der Waals surface area contributed by atoms with Gasteiger partial charge in [0.15, 0.2) is 0 Å². The van der Waals surface area contributed by atoms with Gasteiger partial charge < -0.3 is 4.57 Å². The van der Waals surface area contributed by atoms with Crippen LogP contribution < -0.4 is 0 Å². The highest BCUT2D eigenvalue weighted by molar-refractivity contribution is 8.18. The van der Waals surface area contributed by atoms with Crippen LogP contribution in [0.1, 0.15) is 22.5 Å². The smallest absolute Gasteiger partial charge is 0.293 e. The molecule has 3 aromatic rings. The summed E-state index contributed by atoms with van der Waals surface area (Å²) in [5, 5.41) is -0.317. The van der Waals surface area contributed by atoms with Crippen LogP contribution in [0.2, 0.25) is 0 Å². The SMILES string of the molecule is Cc1cc(/C=C2/SC(=O)N(Cc3ccc(F)cc3)C2=O)c(C)n1-c1ccccc1. The number of carbonyl (C=O) groups is 2. The molecule has 0 aliphatic carbocycles. The first-order valence-electron chi connectivity index (χ1n) is 9.18. The molecule has 1 saturated heterocycles. The summed E-state index contributed by atoms with van der Waals surface area (Å²) in [4.78, 5) is 26.8. The minimum absolute atomic E-state index is 0.130. The highest BCUT2D eigenvalue weighted by atomic mass is 32.2. The number of carbonyl (C=O) groups excluding carboxylic acids is 2. The first-order valence-corrected chi connectivity index (χ1v) is 10.00. The molecular formula is C23H19FN2O2S. The lowest BCUT2D eigenvalue weighted by molar-refractivity contribution is -0.123. The van der Waals surface area contributed by atoms with Gasteiger partial charge in [0.25, 0.3) is 11.1 Å². The van der Waals surface area contributed by atoms with Crippen LogP contribution in [0.4, 0.5) is 9.18 Å². The van der Waals surface area contributed by atoms with E-state index in [4.69, 9.17) is 0 Å². The maximum Gasteiger partial charge on any atom is 0.293 e. The predicted octanol–water partition coefficient (Wildman–Crippen LogP) is 5.47. The summed E-state index contributed by atoms with van der Waals surface area (Å²) in [5.41, 5.74) is 4.70. The van der Waals surface area contributed by atoms with E-state index in [0.29, 0.717) is 10.5 Å². The zero-order valence-corrected chi connectivity index (χ0v) is 16.9. The number of rotatable bonds is 4. The molecule has 0 radical (unpaired) electrons. The van der Waals surface area contributed by atoms with Gasteiger partial charge in [0.1, 0.15) is 5.82 Å². The average molecular weight is 406 g/mol. The van der Waals surface area contributed by atoms with Crippen LogP contribution in [0.25, 0.3) is 11.8 Å². The first-order chi connectivity index (χ1) is 13.9. The third kappa shape index (κ3) is 3.76. The van der Waals surface area contributed by atoms with Gasteiger partial charge in [0.2, 0.25) is 0 Å². The molecule has 1 aliphatic heterocycles. The van der Waals surface area contributed by atoms with Crippen LogP contribution in [-0.2, 0) is 11.3 Å². The van der Waals surface area contributed by atoms with Crippen molar-refractivity contribution in [2.45, 2.75) is 20.4 Å². The Balaban J connectivity index is 1.62. The van der Waals surface area contributed by atoms with E-state index in [-0.39, 0.29) is 23.5 Å². The van der Waals surface area contributed by atoms with Crippen molar-refractivity contribution < 1.29 is 14.0 Å². The van der Waals surface area contributed by atoms with Crippen molar-refractivity contribution in [3.05, 3.63) is 93.9 Å². The van der Waals surface area contributed by atoms with Gasteiger partial charge in [-0.1, -0.05) is 30.3 Å². The predicted molar refractivity (Wildman–Crippen MR) is 113 cm³/mol. The maximum absolute atomic E-state index is 13.1. The highest BCUT2D eigenvalue weighted by Gasteiger charge is 2.35. The largest absolute Gasteiger partial charge is 0.318 e. The molecule has 2 amide bonds. The summed E-state index contributed by atoms with van der Waals surface area (Å²) < 4.78 is 15.2. The van der Waals surface area contributed by atoms with E-state index in [0.717, 1.165) is 34.4 Å². The fourth-order valence-corrected chi connectivity index (χ4v) is 4.29. The summed E-state index contributed by atoms with van der Waals surface area (Å²) in [7, 11) is 0. The van der Waals surface area contributed by atoms with Crippen molar-refractivity contribution in [1.29, 1.82) is 0 Å². The number of aromatic nitrogens is 1. The summed E-state index contributed by atoms with van der Waals surface area (Å²) >= 11 is 0.934. The number of hydrogen-bond acceptors (Lipinski definition) is 3. The van der Waals surface area contributed by atoms with Crippen molar-refractivity contribution in [3.8, 4) is 5.69 Å². The Hall–Kier alpha value is -3.12. The number of thioether (sulfide) groups is 1. The lowest BCUT2D eigenvalue weighted by Gasteiger charge is -2.12. The molecule has 4 nitrogen and oxygen atoms in total. The van der Waals surface area contributed by atoms with Crippen molar-refractivity contribution in [3.63, 3.8) is 0 Å². The Labute approximate surface area is 172 Å². The standard InChI is InChI=1S/C23H19FN2O2S/c1-15-12-18(16(2)26(15)20-6-4-3-5-7-20)13-21-22(27)25(23(28)29-21)14-17-8-10-19(24)11-9-17/h3-13H,14H2,1-2H3/b21-13+. The monoisotopic (exact) mass is 406 g/mol. The fraction of sp³-hybridized carbons (Fsp3) is 0.130. The molecule has 4 rings (SSSR count). The van der Waals surface area contributed by atoms with Gasteiger partial charge in [-0.2, -0.15) is 0 Å². The minimum Gasteiger partial charge on any atom is -0.318 e. The molecular weight excluding hydrogens is 387 g/mol. The van der Waals surface area contributed by atoms with Gasteiger partial charge in [0.05, 0.1) is 11.4 Å². The lowest BCUT2D eigenvalue weighted by Crippen LogP contribution is -2.27. The van der Waals surface area contributed by atoms with Crippen molar-refractivity contribution >= 4 is 29.0 Å². The molecule has 0 unspecified atom stereocenters. The third-order valence-electron chi connectivity index (χ3n) is 4.90. The van der Waals surface area contributed by atoms with E-state index in [9.17, 15) is 14.0 Å². The topological polar surface area (TPSA) is 42.3 Å².